The SMILES string of the molecule is Cc1ccc(Br)cc1NC(=O)c1cc(-c2ccco2)nc2c1cnn2C(C)C. The highest BCUT2D eigenvalue weighted by Gasteiger charge is 2.20. The van der Waals surface area contributed by atoms with Crippen LogP contribution in [0.15, 0.2) is 57.7 Å². The van der Waals surface area contributed by atoms with Crippen molar-refractivity contribution in [1.82, 2.24) is 14.8 Å². The average Bonchev–Trinajstić information content (AvgIpc) is 3.33. The highest BCUT2D eigenvalue weighted by Crippen LogP contribution is 2.28. The first kappa shape index (κ1) is 18.4. The summed E-state index contributed by atoms with van der Waals surface area (Å²) < 4.78 is 8.21. The highest BCUT2D eigenvalue weighted by molar-refractivity contribution is 9.10. The van der Waals surface area contributed by atoms with Crippen LogP contribution in [0.1, 0.15) is 35.8 Å². The first-order valence-electron chi connectivity index (χ1n) is 8.93. The summed E-state index contributed by atoms with van der Waals surface area (Å²) in [6.07, 6.45) is 3.28. The summed E-state index contributed by atoms with van der Waals surface area (Å²) in [7, 11) is 0. The second-order valence-electron chi connectivity index (χ2n) is 6.87. The van der Waals surface area contributed by atoms with Gasteiger partial charge in [-0.3, -0.25) is 4.79 Å². The molecule has 0 saturated carbocycles. The van der Waals surface area contributed by atoms with Gasteiger partial charge in [0.15, 0.2) is 11.4 Å². The molecule has 7 heteroatoms. The van der Waals surface area contributed by atoms with Gasteiger partial charge < -0.3 is 9.73 Å². The van der Waals surface area contributed by atoms with Gasteiger partial charge in [-0.25, -0.2) is 9.67 Å². The highest BCUT2D eigenvalue weighted by atomic mass is 79.9. The molecule has 0 aliphatic heterocycles. The zero-order valence-electron chi connectivity index (χ0n) is 15.7. The first-order valence-corrected chi connectivity index (χ1v) is 9.73. The van der Waals surface area contributed by atoms with Gasteiger partial charge in [-0.05, 0) is 56.7 Å². The van der Waals surface area contributed by atoms with E-state index in [0.29, 0.717) is 28.1 Å². The minimum atomic E-state index is -0.218. The number of furan rings is 1. The third-order valence-electron chi connectivity index (χ3n) is 4.52. The molecule has 4 aromatic rings. The van der Waals surface area contributed by atoms with E-state index < -0.39 is 0 Å². The van der Waals surface area contributed by atoms with Crippen molar-refractivity contribution in [3.8, 4) is 11.5 Å². The van der Waals surface area contributed by atoms with Crippen LogP contribution in [0.2, 0.25) is 0 Å². The number of nitrogens with zero attached hydrogens (tertiary/aromatic N) is 3. The molecule has 4 rings (SSSR count). The van der Waals surface area contributed by atoms with Crippen LogP contribution in [-0.4, -0.2) is 20.7 Å². The average molecular weight is 439 g/mol. The lowest BCUT2D eigenvalue weighted by Crippen LogP contribution is -2.14. The van der Waals surface area contributed by atoms with Crippen LogP contribution in [0.3, 0.4) is 0 Å². The lowest BCUT2D eigenvalue weighted by atomic mass is 10.1. The Labute approximate surface area is 170 Å². The summed E-state index contributed by atoms with van der Waals surface area (Å²) in [5, 5.41) is 8.14. The van der Waals surface area contributed by atoms with Gasteiger partial charge in [0.2, 0.25) is 0 Å². The van der Waals surface area contributed by atoms with Crippen LogP contribution in [0.25, 0.3) is 22.5 Å². The third-order valence-corrected chi connectivity index (χ3v) is 5.02. The second-order valence-corrected chi connectivity index (χ2v) is 7.78. The Hall–Kier alpha value is -2.93. The molecule has 0 unspecified atom stereocenters. The molecule has 0 saturated heterocycles. The molecule has 142 valence electrons. The molecule has 1 aromatic carbocycles. The fourth-order valence-electron chi connectivity index (χ4n) is 3.05. The number of carbonyl (C=O) groups is 1. The Bertz CT molecular complexity index is 1160. The topological polar surface area (TPSA) is 73.0 Å². The normalized spacial score (nSPS) is 11.3. The molecule has 1 N–H and O–H groups in total. The van der Waals surface area contributed by atoms with Gasteiger partial charge >= 0.3 is 0 Å². The minimum absolute atomic E-state index is 0.111. The van der Waals surface area contributed by atoms with E-state index in [9.17, 15) is 4.79 Å². The molecule has 0 aliphatic rings. The number of pyridine rings is 1. The smallest absolute Gasteiger partial charge is 0.256 e. The van der Waals surface area contributed by atoms with E-state index in [-0.39, 0.29) is 11.9 Å². The zero-order chi connectivity index (χ0) is 19.8. The summed E-state index contributed by atoms with van der Waals surface area (Å²) in [6, 6.07) is 11.3. The Kier molecular flexibility index (Phi) is 4.77. The maximum Gasteiger partial charge on any atom is 0.256 e. The fourth-order valence-corrected chi connectivity index (χ4v) is 3.41. The quantitative estimate of drug-likeness (QED) is 0.450. The number of hydrogen-bond donors (Lipinski definition) is 1. The van der Waals surface area contributed by atoms with E-state index in [4.69, 9.17) is 9.40 Å². The third kappa shape index (κ3) is 3.33. The number of aromatic nitrogens is 3. The number of hydrogen-bond acceptors (Lipinski definition) is 4. The predicted octanol–water partition coefficient (Wildman–Crippen LogP) is 5.60. The number of amides is 1. The van der Waals surface area contributed by atoms with Gasteiger partial charge in [-0.1, -0.05) is 22.0 Å². The molecule has 0 atom stereocenters. The van der Waals surface area contributed by atoms with Gasteiger partial charge in [-0.2, -0.15) is 5.10 Å². The van der Waals surface area contributed by atoms with Crippen molar-refractivity contribution >= 4 is 38.6 Å². The molecular formula is C21H19BrN4O2. The molecule has 3 heterocycles. The first-order chi connectivity index (χ1) is 13.4. The number of rotatable bonds is 4. The lowest BCUT2D eigenvalue weighted by Gasteiger charge is -2.12. The molecule has 28 heavy (non-hydrogen) atoms. The maximum absolute atomic E-state index is 13.2. The van der Waals surface area contributed by atoms with Crippen molar-refractivity contribution in [3.05, 3.63) is 64.5 Å². The number of halogens is 1. The predicted molar refractivity (Wildman–Crippen MR) is 112 cm³/mol. The molecule has 0 radical (unpaired) electrons. The largest absolute Gasteiger partial charge is 0.463 e. The van der Waals surface area contributed by atoms with Crippen molar-refractivity contribution in [2.24, 2.45) is 0 Å². The molecule has 0 aliphatic carbocycles. The Morgan fingerprint density at radius 1 is 1.25 bits per heavy atom. The molecule has 1 amide bonds. The Morgan fingerprint density at radius 2 is 2.07 bits per heavy atom. The number of aryl methyl sites for hydroxylation is 1. The molecule has 3 aromatic heterocycles. The Morgan fingerprint density at radius 3 is 2.79 bits per heavy atom. The number of carbonyl (C=O) groups excluding carboxylic acids is 1. The van der Waals surface area contributed by atoms with Gasteiger partial charge in [0.1, 0.15) is 5.69 Å². The van der Waals surface area contributed by atoms with Crippen molar-refractivity contribution in [2.75, 3.05) is 5.32 Å². The van der Waals surface area contributed by atoms with E-state index in [1.165, 1.54) is 0 Å². The van der Waals surface area contributed by atoms with Crippen LogP contribution in [0, 0.1) is 6.92 Å². The summed E-state index contributed by atoms with van der Waals surface area (Å²) >= 11 is 3.45. The number of nitrogens with one attached hydrogen (secondary N) is 1. The monoisotopic (exact) mass is 438 g/mol. The minimum Gasteiger partial charge on any atom is -0.463 e. The molecule has 0 spiro atoms. The van der Waals surface area contributed by atoms with Crippen molar-refractivity contribution in [1.29, 1.82) is 0 Å². The fraction of sp³-hybridized carbons (Fsp3) is 0.190. The van der Waals surface area contributed by atoms with E-state index in [1.54, 1.807) is 24.6 Å². The number of benzene rings is 1. The summed E-state index contributed by atoms with van der Waals surface area (Å²) in [5.41, 5.74) is 3.48. The van der Waals surface area contributed by atoms with E-state index in [1.807, 2.05) is 49.7 Å². The van der Waals surface area contributed by atoms with E-state index >= 15 is 0 Å². The summed E-state index contributed by atoms with van der Waals surface area (Å²) in [5.74, 6) is 0.385. The van der Waals surface area contributed by atoms with Gasteiger partial charge in [0, 0.05) is 16.2 Å². The van der Waals surface area contributed by atoms with Crippen LogP contribution in [0.5, 0.6) is 0 Å². The maximum atomic E-state index is 13.2. The molecule has 6 nitrogen and oxygen atoms in total. The number of anilines is 1. The second kappa shape index (κ2) is 7.24. The van der Waals surface area contributed by atoms with Gasteiger partial charge in [0.25, 0.3) is 5.91 Å². The van der Waals surface area contributed by atoms with E-state index in [2.05, 4.69) is 26.3 Å². The molecular weight excluding hydrogens is 420 g/mol. The van der Waals surface area contributed by atoms with Gasteiger partial charge in [-0.15, -0.1) is 0 Å². The van der Waals surface area contributed by atoms with Gasteiger partial charge in [0.05, 0.1) is 23.4 Å². The van der Waals surface area contributed by atoms with Crippen LogP contribution in [0.4, 0.5) is 5.69 Å². The van der Waals surface area contributed by atoms with E-state index in [0.717, 1.165) is 15.7 Å². The van der Waals surface area contributed by atoms with Crippen molar-refractivity contribution in [2.45, 2.75) is 26.8 Å². The van der Waals surface area contributed by atoms with Crippen LogP contribution in [-0.2, 0) is 0 Å². The van der Waals surface area contributed by atoms with Crippen LogP contribution < -0.4 is 5.32 Å². The summed E-state index contributed by atoms with van der Waals surface area (Å²) in [6.45, 7) is 6.01. The van der Waals surface area contributed by atoms with Crippen molar-refractivity contribution < 1.29 is 9.21 Å². The zero-order valence-corrected chi connectivity index (χ0v) is 17.3. The van der Waals surface area contributed by atoms with Crippen LogP contribution >= 0.6 is 15.9 Å². The summed E-state index contributed by atoms with van der Waals surface area (Å²) in [4.78, 5) is 17.9. The van der Waals surface area contributed by atoms with Crippen molar-refractivity contribution in [3.63, 3.8) is 0 Å². The Balaban J connectivity index is 1.85. The molecule has 0 fully saturated rings. The number of fused-ring (bicyclic) bond motifs is 1. The molecule has 0 bridgehead atoms. The lowest BCUT2D eigenvalue weighted by molar-refractivity contribution is 0.102. The standard InChI is InChI=1S/C21H19BrN4O2/c1-12(2)26-20-16(11-23-26)15(10-18(24-20)19-5-4-8-28-19)21(27)25-17-9-14(22)7-6-13(17)3/h4-12H,1-3H3,(H,25,27).